The normalized spacial score (nSPS) is 19.7. The number of pyridine rings is 2. The molecular formula is C30H31ClFN7O3S. The molecule has 0 bridgehead atoms. The number of halogens is 2. The molecule has 1 amide bonds. The van der Waals surface area contributed by atoms with Crippen LogP contribution in [0.5, 0.6) is 5.88 Å². The van der Waals surface area contributed by atoms with Gasteiger partial charge in [0, 0.05) is 38.0 Å². The predicted octanol–water partition coefficient (Wildman–Crippen LogP) is 4.86. The minimum atomic E-state index is -0.371. The van der Waals surface area contributed by atoms with Crippen LogP contribution in [0.1, 0.15) is 46.1 Å². The number of anilines is 2. The van der Waals surface area contributed by atoms with Crippen LogP contribution in [0, 0.1) is 24.6 Å². The number of nitrogens with zero attached hydrogens (tertiary/aromatic N) is 5. The number of benzene rings is 1. The fourth-order valence-corrected chi connectivity index (χ4v) is 6.71. The summed E-state index contributed by atoms with van der Waals surface area (Å²) in [4.78, 5) is 41.7. The number of rotatable bonds is 8. The first-order valence-electron chi connectivity index (χ1n) is 13.8. The number of amides is 1. The highest BCUT2D eigenvalue weighted by Crippen LogP contribution is 2.59. The van der Waals surface area contributed by atoms with Crippen molar-refractivity contribution in [3.63, 3.8) is 0 Å². The van der Waals surface area contributed by atoms with Crippen LogP contribution < -0.4 is 25.2 Å². The molecule has 2 fully saturated rings. The largest absolute Gasteiger partial charge is 0.481 e. The Kier molecular flexibility index (Phi) is 7.67. The Labute approximate surface area is 257 Å². The highest BCUT2D eigenvalue weighted by atomic mass is 35.5. The van der Waals surface area contributed by atoms with Gasteiger partial charge in [0.15, 0.2) is 5.69 Å². The highest BCUT2D eigenvalue weighted by molar-refractivity contribution is 7.97. The summed E-state index contributed by atoms with van der Waals surface area (Å²) in [5.41, 5.74) is 3.47. The van der Waals surface area contributed by atoms with E-state index in [0.717, 1.165) is 11.1 Å². The molecule has 3 unspecified atom stereocenters. The van der Waals surface area contributed by atoms with Gasteiger partial charge in [0.25, 0.3) is 11.5 Å². The third kappa shape index (κ3) is 5.27. The number of carbonyl (C=O) groups excluding carboxylic acids is 1. The number of methoxy groups -OCH3 is 1. The Bertz CT molecular complexity index is 1810. The van der Waals surface area contributed by atoms with E-state index >= 15 is 0 Å². The predicted molar refractivity (Wildman–Crippen MR) is 167 cm³/mol. The summed E-state index contributed by atoms with van der Waals surface area (Å²) in [7, 11) is 3.25. The quantitative estimate of drug-likeness (QED) is 0.210. The monoisotopic (exact) mass is 623 g/mol. The molecule has 1 aromatic carbocycles. The lowest BCUT2D eigenvalue weighted by molar-refractivity contribution is 0.0980. The maximum atomic E-state index is 14.6. The number of hydrogen-bond donors (Lipinski definition) is 2. The summed E-state index contributed by atoms with van der Waals surface area (Å²) in [5.74, 6) is 0.846. The summed E-state index contributed by atoms with van der Waals surface area (Å²) in [6.07, 6.45) is 2.96. The number of ether oxygens (including phenoxy) is 1. The van der Waals surface area contributed by atoms with Crippen molar-refractivity contribution >= 4 is 52.0 Å². The number of carbonyl (C=O) groups is 1. The number of hydrogen-bond acceptors (Lipinski definition) is 9. The lowest BCUT2D eigenvalue weighted by Crippen LogP contribution is -2.32. The molecular weight excluding hydrogens is 593 g/mol. The van der Waals surface area contributed by atoms with Gasteiger partial charge in [0.2, 0.25) is 11.8 Å². The summed E-state index contributed by atoms with van der Waals surface area (Å²) in [6, 6.07) is 8.53. The molecule has 0 radical (unpaired) electrons. The second kappa shape index (κ2) is 11.3. The van der Waals surface area contributed by atoms with Gasteiger partial charge in [-0.1, -0.05) is 29.6 Å². The first-order valence-corrected chi connectivity index (χ1v) is 15.4. The zero-order valence-electron chi connectivity index (χ0n) is 24.3. The van der Waals surface area contributed by atoms with Gasteiger partial charge < -0.3 is 15.0 Å². The second-order valence-corrected chi connectivity index (χ2v) is 12.1. The molecule has 3 aromatic heterocycles. The maximum absolute atomic E-state index is 14.6. The van der Waals surface area contributed by atoms with Crippen molar-refractivity contribution in [2.45, 2.75) is 25.8 Å². The van der Waals surface area contributed by atoms with Crippen LogP contribution in [0.2, 0.25) is 5.15 Å². The van der Waals surface area contributed by atoms with E-state index in [4.69, 9.17) is 21.3 Å². The van der Waals surface area contributed by atoms with Gasteiger partial charge in [-0.05, 0) is 60.9 Å². The summed E-state index contributed by atoms with van der Waals surface area (Å²) in [6.45, 7) is 5.20. The number of aryl methyl sites for hydroxylation is 1. The van der Waals surface area contributed by atoms with Crippen molar-refractivity contribution in [3.05, 3.63) is 80.2 Å². The van der Waals surface area contributed by atoms with E-state index in [9.17, 15) is 14.0 Å². The van der Waals surface area contributed by atoms with Crippen molar-refractivity contribution < 1.29 is 13.9 Å². The molecule has 4 heterocycles. The minimum absolute atomic E-state index is 0.0820. The van der Waals surface area contributed by atoms with Crippen LogP contribution >= 0.6 is 23.5 Å². The van der Waals surface area contributed by atoms with Gasteiger partial charge in [-0.25, -0.2) is 19.3 Å². The smallest absolute Gasteiger partial charge is 0.281 e. The van der Waals surface area contributed by atoms with Gasteiger partial charge >= 0.3 is 0 Å². The van der Waals surface area contributed by atoms with E-state index in [1.165, 1.54) is 25.3 Å². The second-order valence-electron chi connectivity index (χ2n) is 11.1. The summed E-state index contributed by atoms with van der Waals surface area (Å²) >= 11 is 7.27. The molecule has 10 nitrogen and oxygen atoms in total. The Morgan fingerprint density at radius 2 is 1.95 bits per heavy atom. The van der Waals surface area contributed by atoms with Gasteiger partial charge in [0.1, 0.15) is 11.0 Å². The highest BCUT2D eigenvalue weighted by Gasteiger charge is 2.57. The van der Waals surface area contributed by atoms with Crippen LogP contribution in [0.25, 0.3) is 10.9 Å². The third-order valence-corrected chi connectivity index (χ3v) is 8.95. The summed E-state index contributed by atoms with van der Waals surface area (Å²) in [5, 5.41) is 4.10. The Hall–Kier alpha value is -3.90. The molecule has 4 aromatic rings. The average Bonchev–Trinajstić information content (AvgIpc) is 3.47. The van der Waals surface area contributed by atoms with Crippen molar-refractivity contribution in [2.24, 2.45) is 18.9 Å². The van der Waals surface area contributed by atoms with E-state index in [1.807, 2.05) is 26.0 Å². The van der Waals surface area contributed by atoms with Crippen LogP contribution in [0.15, 0.2) is 41.3 Å². The van der Waals surface area contributed by atoms with Gasteiger partial charge in [0.05, 0.1) is 35.9 Å². The van der Waals surface area contributed by atoms with E-state index in [-0.39, 0.29) is 51.9 Å². The third-order valence-electron chi connectivity index (χ3n) is 8.35. The molecule has 1 aliphatic heterocycles. The zero-order valence-corrected chi connectivity index (χ0v) is 25.9. The van der Waals surface area contributed by atoms with Gasteiger partial charge in [-0.15, -0.1) is 0 Å². The topological polar surface area (TPSA) is 114 Å². The minimum Gasteiger partial charge on any atom is -0.481 e. The van der Waals surface area contributed by atoms with E-state index in [0.29, 0.717) is 47.1 Å². The molecule has 6 rings (SSSR count). The molecule has 0 spiro atoms. The fourth-order valence-electron chi connectivity index (χ4n) is 6.28. The summed E-state index contributed by atoms with van der Waals surface area (Å²) < 4.78 is 24.1. The lowest BCUT2D eigenvalue weighted by atomic mass is 10.0. The molecule has 13 heteroatoms. The lowest BCUT2D eigenvalue weighted by Gasteiger charge is -2.25. The van der Waals surface area contributed by atoms with Gasteiger partial charge in [-0.2, -0.15) is 0 Å². The molecule has 1 saturated carbocycles. The Morgan fingerprint density at radius 3 is 2.65 bits per heavy atom. The van der Waals surface area contributed by atoms with Crippen molar-refractivity contribution in [1.82, 2.24) is 24.2 Å². The molecule has 2 N–H and O–H groups in total. The number of nitrogens with one attached hydrogen (secondary N) is 2. The van der Waals surface area contributed by atoms with Crippen LogP contribution in [0.4, 0.5) is 16.0 Å². The maximum Gasteiger partial charge on any atom is 0.281 e. The number of fused-ring (bicyclic) bond motifs is 2. The van der Waals surface area contributed by atoms with E-state index in [2.05, 4.69) is 24.9 Å². The molecule has 3 atom stereocenters. The van der Waals surface area contributed by atoms with Crippen molar-refractivity contribution in [3.8, 4) is 5.88 Å². The Balaban J connectivity index is 1.32. The standard InChI is InChI=1S/C30H31ClFN7O3S/c1-14-8-16(15(2)34-22-6-7-23(31)35-27(22)28(40)37-43-5)26-18(9-14)29(41)38(3)30(36-26)39-12-19-20(13-39)25(19)17-10-24(42-4)33-11-21(17)32/h6-11,15,19-20,25,34H,12-13H2,1-5H3,(H,37,40). The molecule has 1 aliphatic carbocycles. The van der Waals surface area contributed by atoms with Crippen LogP contribution in [-0.2, 0) is 7.05 Å². The van der Waals surface area contributed by atoms with Gasteiger partial charge in [-0.3, -0.25) is 18.9 Å². The first-order chi connectivity index (χ1) is 20.6. The average molecular weight is 624 g/mol. The fraction of sp³-hybridized carbons (Fsp3) is 0.367. The van der Waals surface area contributed by atoms with Crippen LogP contribution in [-0.4, -0.2) is 51.9 Å². The van der Waals surface area contributed by atoms with Crippen molar-refractivity contribution in [2.75, 3.05) is 36.7 Å². The van der Waals surface area contributed by atoms with E-state index in [1.54, 1.807) is 36.1 Å². The zero-order chi connectivity index (χ0) is 30.6. The number of aromatic nitrogens is 4. The van der Waals surface area contributed by atoms with E-state index < -0.39 is 0 Å². The first kappa shape index (κ1) is 29.2. The SMILES string of the molecule is COc1cc(C2C3CN(c4nc5c(C(C)Nc6ccc(Cl)nc6C(=O)NSC)cc(C)cc5c(=O)n4C)CC32)c(F)cn1. The molecule has 43 heavy (non-hydrogen) atoms. The molecule has 1 saturated heterocycles. The number of piperidine rings is 1. The van der Waals surface area contributed by atoms with Crippen molar-refractivity contribution in [1.29, 1.82) is 0 Å². The molecule has 224 valence electrons. The molecule has 2 aliphatic rings. The Morgan fingerprint density at radius 1 is 1.21 bits per heavy atom. The van der Waals surface area contributed by atoms with Crippen LogP contribution in [0.3, 0.4) is 0 Å².